The van der Waals surface area contributed by atoms with E-state index in [1.807, 2.05) is 0 Å². The van der Waals surface area contributed by atoms with Crippen LogP contribution in [0, 0.1) is 0 Å². The summed E-state index contributed by atoms with van der Waals surface area (Å²) in [5, 5.41) is 12.7. The molecule has 4 heteroatoms. The van der Waals surface area contributed by atoms with Gasteiger partial charge in [-0.1, -0.05) is 12.1 Å². The smallest absolute Gasteiger partial charge is 0.122 e. The zero-order valence-corrected chi connectivity index (χ0v) is 10.8. The van der Waals surface area contributed by atoms with Crippen molar-refractivity contribution in [1.82, 2.24) is 5.32 Å². The van der Waals surface area contributed by atoms with Crippen LogP contribution in [0.5, 0.6) is 5.75 Å². The summed E-state index contributed by atoms with van der Waals surface area (Å²) in [6.07, 6.45) is 1.55. The summed E-state index contributed by atoms with van der Waals surface area (Å²) in [4.78, 5) is 0. The Morgan fingerprint density at radius 1 is 1.50 bits per heavy atom. The van der Waals surface area contributed by atoms with Crippen LogP contribution in [0.15, 0.2) is 18.2 Å². The third kappa shape index (κ3) is 3.70. The Morgan fingerprint density at radius 2 is 2.39 bits per heavy atom. The minimum Gasteiger partial charge on any atom is -0.493 e. The number of hydrogen-bond donors (Lipinski definition) is 2. The fourth-order valence-corrected chi connectivity index (χ4v) is 2.15. The fraction of sp³-hybridized carbons (Fsp3) is 0.571. The standard InChI is InChI=1S/C14H21NO3/c1-17-10-13(16)9-15-6-4-11-2-3-14-12(8-11)5-7-18-14/h2-3,8,13,15-16H,4-7,9-10H2,1H3. The Bertz CT molecular complexity index is 381. The fourth-order valence-electron chi connectivity index (χ4n) is 2.15. The molecule has 0 saturated carbocycles. The van der Waals surface area contributed by atoms with E-state index in [0.29, 0.717) is 13.2 Å². The monoisotopic (exact) mass is 251 g/mol. The van der Waals surface area contributed by atoms with E-state index in [-0.39, 0.29) is 0 Å². The van der Waals surface area contributed by atoms with Gasteiger partial charge in [-0.25, -0.2) is 0 Å². The number of benzene rings is 1. The number of hydrogen-bond acceptors (Lipinski definition) is 4. The molecule has 0 aromatic heterocycles. The summed E-state index contributed by atoms with van der Waals surface area (Å²) in [5.74, 6) is 1.03. The van der Waals surface area contributed by atoms with Crippen LogP contribution in [0.2, 0.25) is 0 Å². The second-order valence-electron chi connectivity index (χ2n) is 4.60. The van der Waals surface area contributed by atoms with Crippen LogP contribution in [0.1, 0.15) is 11.1 Å². The molecule has 1 aliphatic rings. The van der Waals surface area contributed by atoms with Gasteiger partial charge in [-0.2, -0.15) is 0 Å². The Morgan fingerprint density at radius 3 is 3.22 bits per heavy atom. The number of ether oxygens (including phenoxy) is 2. The summed E-state index contributed by atoms with van der Waals surface area (Å²) >= 11 is 0. The predicted molar refractivity (Wildman–Crippen MR) is 70.1 cm³/mol. The molecule has 1 aromatic rings. The molecular weight excluding hydrogens is 230 g/mol. The van der Waals surface area contributed by atoms with Gasteiger partial charge in [0.15, 0.2) is 0 Å². The molecule has 100 valence electrons. The third-order valence-corrected chi connectivity index (χ3v) is 3.08. The molecule has 0 fully saturated rings. The number of aliphatic hydroxyl groups excluding tert-OH is 1. The molecule has 18 heavy (non-hydrogen) atoms. The lowest BCUT2D eigenvalue weighted by Gasteiger charge is -2.10. The van der Waals surface area contributed by atoms with Crippen molar-refractivity contribution in [2.24, 2.45) is 0 Å². The van der Waals surface area contributed by atoms with Gasteiger partial charge >= 0.3 is 0 Å². The number of rotatable bonds is 7. The molecule has 1 unspecified atom stereocenters. The molecule has 1 atom stereocenters. The first-order valence-corrected chi connectivity index (χ1v) is 6.42. The second-order valence-corrected chi connectivity index (χ2v) is 4.60. The maximum atomic E-state index is 9.47. The van der Waals surface area contributed by atoms with Crippen LogP contribution in [0.3, 0.4) is 0 Å². The van der Waals surface area contributed by atoms with Gasteiger partial charge < -0.3 is 19.9 Å². The molecule has 0 amide bonds. The van der Waals surface area contributed by atoms with Gasteiger partial charge in [0.25, 0.3) is 0 Å². The van der Waals surface area contributed by atoms with Gasteiger partial charge in [-0.3, -0.25) is 0 Å². The van der Waals surface area contributed by atoms with Gasteiger partial charge in [0, 0.05) is 20.1 Å². The molecule has 1 aromatic carbocycles. The van der Waals surface area contributed by atoms with E-state index < -0.39 is 6.10 Å². The van der Waals surface area contributed by atoms with E-state index in [1.165, 1.54) is 11.1 Å². The zero-order chi connectivity index (χ0) is 12.8. The van der Waals surface area contributed by atoms with E-state index in [4.69, 9.17) is 9.47 Å². The quantitative estimate of drug-likeness (QED) is 0.703. The van der Waals surface area contributed by atoms with Crippen molar-refractivity contribution >= 4 is 0 Å². The van der Waals surface area contributed by atoms with Gasteiger partial charge in [0.05, 0.1) is 19.3 Å². The maximum absolute atomic E-state index is 9.47. The Labute approximate surface area is 108 Å². The largest absolute Gasteiger partial charge is 0.493 e. The first-order chi connectivity index (χ1) is 8.79. The number of methoxy groups -OCH3 is 1. The lowest BCUT2D eigenvalue weighted by atomic mass is 10.1. The first kappa shape index (κ1) is 13.3. The first-order valence-electron chi connectivity index (χ1n) is 6.42. The lowest BCUT2D eigenvalue weighted by Crippen LogP contribution is -2.31. The van der Waals surface area contributed by atoms with E-state index in [0.717, 1.165) is 31.7 Å². The summed E-state index contributed by atoms with van der Waals surface area (Å²) in [7, 11) is 1.59. The molecule has 0 saturated heterocycles. The van der Waals surface area contributed by atoms with Gasteiger partial charge in [-0.15, -0.1) is 0 Å². The average molecular weight is 251 g/mol. The molecular formula is C14H21NO3. The van der Waals surface area contributed by atoms with Crippen molar-refractivity contribution in [1.29, 1.82) is 0 Å². The van der Waals surface area contributed by atoms with Crippen molar-refractivity contribution in [2.45, 2.75) is 18.9 Å². The highest BCUT2D eigenvalue weighted by molar-refractivity contribution is 5.39. The van der Waals surface area contributed by atoms with Crippen molar-refractivity contribution in [3.05, 3.63) is 29.3 Å². The Kier molecular flexibility index (Phi) is 4.99. The molecule has 2 rings (SSSR count). The highest BCUT2D eigenvalue weighted by atomic mass is 16.5. The average Bonchev–Trinajstić information content (AvgIpc) is 2.82. The minimum atomic E-state index is -0.427. The predicted octanol–water partition coefficient (Wildman–Crippen LogP) is 0.761. The molecule has 0 spiro atoms. The molecule has 2 N–H and O–H groups in total. The highest BCUT2D eigenvalue weighted by Crippen LogP contribution is 2.25. The van der Waals surface area contributed by atoms with Crippen LogP contribution >= 0.6 is 0 Å². The van der Waals surface area contributed by atoms with Crippen molar-refractivity contribution in [2.75, 3.05) is 33.4 Å². The van der Waals surface area contributed by atoms with Crippen LogP contribution in [0.25, 0.3) is 0 Å². The maximum Gasteiger partial charge on any atom is 0.122 e. The molecule has 0 radical (unpaired) electrons. The molecule has 1 heterocycles. The zero-order valence-electron chi connectivity index (χ0n) is 10.8. The van der Waals surface area contributed by atoms with Crippen molar-refractivity contribution < 1.29 is 14.6 Å². The summed E-state index contributed by atoms with van der Waals surface area (Å²) in [6.45, 7) is 2.62. The highest BCUT2D eigenvalue weighted by Gasteiger charge is 2.11. The van der Waals surface area contributed by atoms with Crippen LogP contribution in [0.4, 0.5) is 0 Å². The SMILES string of the molecule is COCC(O)CNCCc1ccc2c(c1)CCO2. The Balaban J connectivity index is 1.70. The van der Waals surface area contributed by atoms with Gasteiger partial charge in [-0.05, 0) is 30.2 Å². The Hall–Kier alpha value is -1.10. The summed E-state index contributed by atoms with van der Waals surface area (Å²) in [5.41, 5.74) is 2.62. The molecule has 1 aliphatic heterocycles. The number of aliphatic hydroxyl groups is 1. The van der Waals surface area contributed by atoms with E-state index in [1.54, 1.807) is 7.11 Å². The van der Waals surface area contributed by atoms with Crippen molar-refractivity contribution in [3.8, 4) is 5.75 Å². The topological polar surface area (TPSA) is 50.7 Å². The number of fused-ring (bicyclic) bond motifs is 1. The molecule has 0 aliphatic carbocycles. The van der Waals surface area contributed by atoms with Gasteiger partial charge in [0.1, 0.15) is 5.75 Å². The van der Waals surface area contributed by atoms with Gasteiger partial charge in [0.2, 0.25) is 0 Å². The molecule has 0 bridgehead atoms. The van der Waals surface area contributed by atoms with Crippen LogP contribution in [-0.2, 0) is 17.6 Å². The normalized spacial score (nSPS) is 15.2. The van der Waals surface area contributed by atoms with Crippen LogP contribution in [-0.4, -0.2) is 44.6 Å². The third-order valence-electron chi connectivity index (χ3n) is 3.08. The summed E-state index contributed by atoms with van der Waals surface area (Å²) < 4.78 is 10.3. The second kappa shape index (κ2) is 6.73. The minimum absolute atomic E-state index is 0.378. The van der Waals surface area contributed by atoms with E-state index >= 15 is 0 Å². The van der Waals surface area contributed by atoms with Crippen molar-refractivity contribution in [3.63, 3.8) is 0 Å². The van der Waals surface area contributed by atoms with E-state index in [9.17, 15) is 5.11 Å². The summed E-state index contributed by atoms with van der Waals surface area (Å²) in [6, 6.07) is 6.38. The number of nitrogens with one attached hydrogen (secondary N) is 1. The van der Waals surface area contributed by atoms with E-state index in [2.05, 4.69) is 23.5 Å². The van der Waals surface area contributed by atoms with Crippen LogP contribution < -0.4 is 10.1 Å². The molecule has 4 nitrogen and oxygen atoms in total. The lowest BCUT2D eigenvalue weighted by molar-refractivity contribution is 0.0648.